The molecule has 18 heavy (non-hydrogen) atoms. The van der Waals surface area contributed by atoms with E-state index in [9.17, 15) is 8.78 Å². The van der Waals surface area contributed by atoms with Crippen LogP contribution in [0.4, 0.5) is 8.78 Å². The molecule has 1 unspecified atom stereocenters. The van der Waals surface area contributed by atoms with Gasteiger partial charge in [0, 0.05) is 11.8 Å². The second-order valence-electron chi connectivity index (χ2n) is 4.12. The zero-order chi connectivity index (χ0) is 13.1. The van der Waals surface area contributed by atoms with E-state index >= 15 is 0 Å². The third-order valence-corrected chi connectivity index (χ3v) is 2.81. The van der Waals surface area contributed by atoms with E-state index in [0.717, 1.165) is 11.6 Å². The Balaban J connectivity index is 2.49. The summed E-state index contributed by atoms with van der Waals surface area (Å²) in [5.41, 5.74) is 1.95. The lowest BCUT2D eigenvalue weighted by Crippen LogP contribution is -2.20. The van der Waals surface area contributed by atoms with Crippen LogP contribution in [-0.2, 0) is 0 Å². The van der Waals surface area contributed by atoms with Crippen LogP contribution in [0.15, 0.2) is 36.5 Å². The molecule has 0 radical (unpaired) electrons. The van der Waals surface area contributed by atoms with Crippen molar-refractivity contribution in [2.24, 2.45) is 0 Å². The number of nitrogens with zero attached hydrogens (tertiary/aromatic N) is 1. The van der Waals surface area contributed by atoms with Crippen LogP contribution in [0.3, 0.4) is 0 Å². The molecule has 0 saturated heterocycles. The quantitative estimate of drug-likeness (QED) is 0.903. The van der Waals surface area contributed by atoms with Crippen molar-refractivity contribution >= 4 is 0 Å². The Morgan fingerprint density at radius 2 is 2.00 bits per heavy atom. The standard InChI is InChI=1S/C14H14F2N2/c1-9-6-7-18-12(8-9)14(17-2)10-4-3-5-11(15)13(10)16/h3-8,14,17H,1-2H3. The van der Waals surface area contributed by atoms with Crippen molar-refractivity contribution in [3.05, 3.63) is 65.0 Å². The number of halogens is 2. The summed E-state index contributed by atoms with van der Waals surface area (Å²) in [6.45, 7) is 1.93. The molecule has 0 spiro atoms. The van der Waals surface area contributed by atoms with Gasteiger partial charge in [-0.1, -0.05) is 12.1 Å². The Kier molecular flexibility index (Phi) is 3.67. The van der Waals surface area contributed by atoms with Crippen LogP contribution in [0.2, 0.25) is 0 Å². The normalized spacial score (nSPS) is 12.4. The number of hydrogen-bond acceptors (Lipinski definition) is 2. The molecule has 1 N–H and O–H groups in total. The molecule has 2 aromatic rings. The highest BCUT2D eigenvalue weighted by molar-refractivity contribution is 5.31. The SMILES string of the molecule is CNC(c1cc(C)ccn1)c1cccc(F)c1F. The molecule has 1 aromatic heterocycles. The van der Waals surface area contributed by atoms with E-state index in [2.05, 4.69) is 10.3 Å². The first-order chi connectivity index (χ1) is 8.63. The Morgan fingerprint density at radius 3 is 2.67 bits per heavy atom. The molecule has 2 rings (SSSR count). The van der Waals surface area contributed by atoms with E-state index < -0.39 is 17.7 Å². The van der Waals surface area contributed by atoms with Gasteiger partial charge in [-0.15, -0.1) is 0 Å². The minimum Gasteiger partial charge on any atom is -0.308 e. The van der Waals surface area contributed by atoms with Crippen molar-refractivity contribution in [1.82, 2.24) is 10.3 Å². The van der Waals surface area contributed by atoms with Gasteiger partial charge in [-0.3, -0.25) is 4.98 Å². The van der Waals surface area contributed by atoms with Crippen LogP contribution in [0.5, 0.6) is 0 Å². The largest absolute Gasteiger partial charge is 0.308 e. The lowest BCUT2D eigenvalue weighted by atomic mass is 10.0. The molecule has 1 atom stereocenters. The number of aryl methyl sites for hydroxylation is 1. The van der Waals surface area contributed by atoms with E-state index in [4.69, 9.17) is 0 Å². The highest BCUT2D eigenvalue weighted by Gasteiger charge is 2.19. The number of benzene rings is 1. The summed E-state index contributed by atoms with van der Waals surface area (Å²) in [5.74, 6) is -1.68. The lowest BCUT2D eigenvalue weighted by Gasteiger charge is -2.17. The van der Waals surface area contributed by atoms with Gasteiger partial charge in [0.25, 0.3) is 0 Å². The van der Waals surface area contributed by atoms with Gasteiger partial charge in [0.2, 0.25) is 0 Å². The highest BCUT2D eigenvalue weighted by atomic mass is 19.2. The van der Waals surface area contributed by atoms with Gasteiger partial charge in [-0.05, 0) is 37.7 Å². The fourth-order valence-corrected chi connectivity index (χ4v) is 1.92. The maximum absolute atomic E-state index is 13.8. The average Bonchev–Trinajstić information content (AvgIpc) is 2.35. The van der Waals surface area contributed by atoms with Crippen LogP contribution in [0.25, 0.3) is 0 Å². The zero-order valence-corrected chi connectivity index (χ0v) is 10.2. The van der Waals surface area contributed by atoms with Crippen molar-refractivity contribution in [2.75, 3.05) is 7.05 Å². The van der Waals surface area contributed by atoms with Crippen molar-refractivity contribution in [2.45, 2.75) is 13.0 Å². The van der Waals surface area contributed by atoms with Gasteiger partial charge in [-0.25, -0.2) is 8.78 Å². The topological polar surface area (TPSA) is 24.9 Å². The van der Waals surface area contributed by atoms with Crippen LogP contribution in [-0.4, -0.2) is 12.0 Å². The number of hydrogen-bond donors (Lipinski definition) is 1. The summed E-state index contributed by atoms with van der Waals surface area (Å²) >= 11 is 0. The Labute approximate surface area is 105 Å². The van der Waals surface area contributed by atoms with Gasteiger partial charge in [0.15, 0.2) is 11.6 Å². The summed E-state index contributed by atoms with van der Waals surface area (Å²) in [5, 5.41) is 2.96. The first kappa shape index (κ1) is 12.6. The molecule has 0 aliphatic carbocycles. The Morgan fingerprint density at radius 1 is 1.22 bits per heavy atom. The van der Waals surface area contributed by atoms with E-state index in [1.807, 2.05) is 19.1 Å². The molecule has 0 fully saturated rings. The van der Waals surface area contributed by atoms with Crippen molar-refractivity contribution in [1.29, 1.82) is 0 Å². The van der Waals surface area contributed by atoms with E-state index in [0.29, 0.717) is 5.69 Å². The van der Waals surface area contributed by atoms with Crippen LogP contribution in [0.1, 0.15) is 22.9 Å². The molecule has 1 heterocycles. The maximum Gasteiger partial charge on any atom is 0.163 e. The summed E-state index contributed by atoms with van der Waals surface area (Å²) in [6, 6.07) is 7.41. The van der Waals surface area contributed by atoms with Gasteiger partial charge >= 0.3 is 0 Å². The molecule has 4 heteroatoms. The molecule has 0 amide bonds. The Hall–Kier alpha value is -1.81. The van der Waals surface area contributed by atoms with Crippen LogP contribution in [0, 0.1) is 18.6 Å². The Bertz CT molecular complexity index is 555. The molecular formula is C14H14F2N2. The second kappa shape index (κ2) is 5.23. The maximum atomic E-state index is 13.8. The highest BCUT2D eigenvalue weighted by Crippen LogP contribution is 2.24. The summed E-state index contributed by atoms with van der Waals surface area (Å²) in [7, 11) is 1.69. The molecule has 0 saturated carbocycles. The molecule has 2 nitrogen and oxygen atoms in total. The third kappa shape index (κ3) is 2.38. The zero-order valence-electron chi connectivity index (χ0n) is 10.2. The molecule has 94 valence electrons. The smallest absolute Gasteiger partial charge is 0.163 e. The third-order valence-electron chi connectivity index (χ3n) is 2.81. The molecule has 0 bridgehead atoms. The van der Waals surface area contributed by atoms with Crippen LogP contribution >= 0.6 is 0 Å². The lowest BCUT2D eigenvalue weighted by molar-refractivity contribution is 0.485. The van der Waals surface area contributed by atoms with Crippen molar-refractivity contribution < 1.29 is 8.78 Å². The molecule has 0 aliphatic heterocycles. The van der Waals surface area contributed by atoms with Crippen LogP contribution < -0.4 is 5.32 Å². The number of nitrogens with one attached hydrogen (secondary N) is 1. The first-order valence-corrected chi connectivity index (χ1v) is 5.67. The van der Waals surface area contributed by atoms with E-state index in [1.165, 1.54) is 6.07 Å². The summed E-state index contributed by atoms with van der Waals surface area (Å²) in [6.07, 6.45) is 1.66. The van der Waals surface area contributed by atoms with Gasteiger partial charge < -0.3 is 5.32 Å². The number of rotatable bonds is 3. The minimum absolute atomic E-state index is 0.260. The molecular weight excluding hydrogens is 234 g/mol. The molecule has 1 aromatic carbocycles. The fraction of sp³-hybridized carbons (Fsp3) is 0.214. The van der Waals surface area contributed by atoms with Gasteiger partial charge in [-0.2, -0.15) is 0 Å². The molecule has 0 aliphatic rings. The fourth-order valence-electron chi connectivity index (χ4n) is 1.92. The number of aromatic nitrogens is 1. The summed E-state index contributed by atoms with van der Waals surface area (Å²) in [4.78, 5) is 4.21. The van der Waals surface area contributed by atoms with E-state index in [1.54, 1.807) is 19.3 Å². The monoisotopic (exact) mass is 248 g/mol. The number of pyridine rings is 1. The van der Waals surface area contributed by atoms with Crippen molar-refractivity contribution in [3.63, 3.8) is 0 Å². The average molecular weight is 248 g/mol. The minimum atomic E-state index is -0.847. The predicted octanol–water partition coefficient (Wildman–Crippen LogP) is 2.98. The van der Waals surface area contributed by atoms with Gasteiger partial charge in [0.1, 0.15) is 0 Å². The van der Waals surface area contributed by atoms with Crippen molar-refractivity contribution in [3.8, 4) is 0 Å². The predicted molar refractivity (Wildman–Crippen MR) is 66.2 cm³/mol. The first-order valence-electron chi connectivity index (χ1n) is 5.67. The second-order valence-corrected chi connectivity index (χ2v) is 4.12. The summed E-state index contributed by atoms with van der Waals surface area (Å²) < 4.78 is 27.0. The van der Waals surface area contributed by atoms with Gasteiger partial charge in [0.05, 0.1) is 11.7 Å². The van der Waals surface area contributed by atoms with E-state index in [-0.39, 0.29) is 5.56 Å².